The van der Waals surface area contributed by atoms with Crippen molar-refractivity contribution in [3.63, 3.8) is 0 Å². The Morgan fingerprint density at radius 2 is 1.09 bits per heavy atom. The van der Waals surface area contributed by atoms with Crippen LogP contribution in [0.15, 0.2) is 60.7 Å². The Morgan fingerprint density at radius 1 is 0.709 bits per heavy atom. The minimum Gasteiger partial charge on any atom is -0.388 e. The van der Waals surface area contributed by atoms with Crippen molar-refractivity contribution in [3.05, 3.63) is 71.8 Å². The number of hydrogen-bond acceptors (Lipinski definition) is 6. The Morgan fingerprint density at radius 3 is 1.44 bits per heavy atom. The third-order valence-electron chi connectivity index (χ3n) is 11.3. The van der Waals surface area contributed by atoms with Crippen molar-refractivity contribution in [3.8, 4) is 0 Å². The summed E-state index contributed by atoms with van der Waals surface area (Å²) >= 11 is 15.1. The number of aliphatic hydroxyl groups is 2. The molecule has 2 aromatic rings. The van der Waals surface area contributed by atoms with E-state index in [1.165, 1.54) is 45.3 Å². The molecule has 0 amide bonds. The van der Waals surface area contributed by atoms with E-state index in [2.05, 4.69) is 67.2 Å². The molecule has 55 heavy (non-hydrogen) atoms. The SMILES string of the molecule is CC(C)[C@@H]1CC[C@@H](C)C[C@H]1C(=O)CC[C@@H](O)c1ccccc1.CC(C)[C@@H]1CC[C@@H](C)C[C@H]1C(=O)Cl.CCN(CC)CC.ClCCl.NC[C@@H](O)c1ccccc1. The van der Waals surface area contributed by atoms with Crippen LogP contribution in [0.2, 0.25) is 0 Å². The molecule has 0 saturated heterocycles. The second-order valence-electron chi connectivity index (χ2n) is 16.0. The average molecular weight is 828 g/mol. The van der Waals surface area contributed by atoms with Crippen molar-refractivity contribution in [2.24, 2.45) is 53.1 Å². The van der Waals surface area contributed by atoms with E-state index in [1.807, 2.05) is 60.7 Å². The normalized spacial score (nSPS) is 23.0. The molecule has 0 aliphatic heterocycles. The first kappa shape index (κ1) is 53.5. The number of nitrogens with two attached hydrogens (primary N) is 1. The number of rotatable bonds is 13. The van der Waals surface area contributed by atoms with Crippen LogP contribution in [0.5, 0.6) is 0 Å². The number of hydrogen-bond donors (Lipinski definition) is 3. The fourth-order valence-electron chi connectivity index (χ4n) is 7.82. The number of halogens is 3. The maximum absolute atomic E-state index is 12.7. The predicted octanol–water partition coefficient (Wildman–Crippen LogP) is 11.7. The zero-order valence-electron chi connectivity index (χ0n) is 35.6. The van der Waals surface area contributed by atoms with E-state index in [-0.39, 0.29) is 29.0 Å². The van der Waals surface area contributed by atoms with Gasteiger partial charge in [0, 0.05) is 24.8 Å². The molecule has 9 heteroatoms. The van der Waals surface area contributed by atoms with E-state index in [9.17, 15) is 19.8 Å². The van der Waals surface area contributed by atoms with E-state index in [0.717, 1.165) is 24.0 Å². The summed E-state index contributed by atoms with van der Waals surface area (Å²) in [5, 5.41) is 19.5. The molecule has 4 rings (SSSR count). The van der Waals surface area contributed by atoms with E-state index in [0.29, 0.717) is 54.1 Å². The Kier molecular flexibility index (Phi) is 30.6. The van der Waals surface area contributed by atoms with Gasteiger partial charge in [-0.3, -0.25) is 9.59 Å². The lowest BCUT2D eigenvalue weighted by Gasteiger charge is -2.36. The minimum atomic E-state index is -0.524. The van der Waals surface area contributed by atoms with Gasteiger partial charge in [0.05, 0.1) is 17.5 Å². The number of carbonyl (C=O) groups is 2. The highest BCUT2D eigenvalue weighted by Crippen LogP contribution is 2.40. The Labute approximate surface area is 351 Å². The predicted molar refractivity (Wildman–Crippen MR) is 237 cm³/mol. The standard InChI is InChI=1S/C20H30O2.C11H19ClO.C8H11NO.C6H15N.CH2Cl2/c1-14(2)17-10-9-15(3)13-18(17)20(22)12-11-19(21)16-7-5-4-6-8-16;1-7(2)9-5-4-8(3)6-10(9)11(12)13;9-6-8(10)7-4-2-1-3-5-7;1-4-7(5-2)6-3;2-1-3/h4-8,14-15,17-19,21H,9-13H2,1-3H3;7-10H,4-6H2,1-3H3;1-5,8,10H,6,9H2;4-6H2,1-3H3;1H2/t15-,17+,18-,19-;8-,9+,10-;8-;;/m111../s1. The Bertz CT molecular complexity index is 1230. The molecule has 8 atom stereocenters. The lowest BCUT2D eigenvalue weighted by Crippen LogP contribution is -2.33. The Hall–Kier alpha value is -1.51. The van der Waals surface area contributed by atoms with Gasteiger partial charge in [0.15, 0.2) is 0 Å². The molecule has 0 spiro atoms. The van der Waals surface area contributed by atoms with Gasteiger partial charge in [-0.2, -0.15) is 0 Å². The van der Waals surface area contributed by atoms with Crippen molar-refractivity contribution in [1.82, 2.24) is 4.90 Å². The van der Waals surface area contributed by atoms with Crippen LogP contribution in [0, 0.1) is 47.3 Å². The first-order valence-corrected chi connectivity index (χ1v) is 22.3. The Balaban J connectivity index is 0.000000752. The van der Waals surface area contributed by atoms with E-state index < -0.39 is 12.2 Å². The molecule has 2 aliphatic rings. The van der Waals surface area contributed by atoms with E-state index >= 15 is 0 Å². The number of carbonyl (C=O) groups excluding carboxylic acids is 2. The highest BCUT2D eigenvalue weighted by molar-refractivity contribution is 6.64. The van der Waals surface area contributed by atoms with Crippen LogP contribution >= 0.6 is 34.8 Å². The number of alkyl halides is 2. The first-order chi connectivity index (χ1) is 26.1. The van der Waals surface area contributed by atoms with Gasteiger partial charge in [0.25, 0.3) is 0 Å². The molecular formula is C46H77Cl3N2O4. The van der Waals surface area contributed by atoms with Gasteiger partial charge in [-0.1, -0.05) is 136 Å². The molecule has 2 aromatic carbocycles. The van der Waals surface area contributed by atoms with Crippen molar-refractivity contribution >= 4 is 45.8 Å². The number of aliphatic hydroxyl groups excluding tert-OH is 2. The monoisotopic (exact) mass is 826 g/mol. The number of ketones is 1. The second kappa shape index (κ2) is 31.5. The molecule has 316 valence electrons. The van der Waals surface area contributed by atoms with Crippen LogP contribution in [0.25, 0.3) is 0 Å². The summed E-state index contributed by atoms with van der Waals surface area (Å²) in [6.45, 7) is 23.7. The maximum Gasteiger partial charge on any atom is 0.225 e. The summed E-state index contributed by atoms with van der Waals surface area (Å²) in [4.78, 5) is 26.3. The van der Waals surface area contributed by atoms with Crippen molar-refractivity contribution in [2.75, 3.05) is 31.5 Å². The lowest BCUT2D eigenvalue weighted by atomic mass is 9.68. The summed E-state index contributed by atoms with van der Waals surface area (Å²) in [7, 11) is 0. The molecule has 0 bridgehead atoms. The van der Waals surface area contributed by atoms with Crippen molar-refractivity contribution in [1.29, 1.82) is 0 Å². The molecule has 0 radical (unpaired) electrons. The minimum absolute atomic E-state index is 0.116. The zero-order valence-corrected chi connectivity index (χ0v) is 37.9. The number of Topliss-reactive ketones (excluding diaryl/α,β-unsaturated/α-hetero) is 1. The van der Waals surface area contributed by atoms with Gasteiger partial charge in [0.1, 0.15) is 5.78 Å². The van der Waals surface area contributed by atoms with Gasteiger partial charge in [-0.25, -0.2) is 0 Å². The van der Waals surface area contributed by atoms with Crippen LogP contribution < -0.4 is 5.73 Å². The van der Waals surface area contributed by atoms with Crippen LogP contribution in [0.4, 0.5) is 0 Å². The summed E-state index contributed by atoms with van der Waals surface area (Å²) in [6, 6.07) is 19.0. The molecule has 2 fully saturated rings. The molecule has 2 saturated carbocycles. The molecule has 2 aliphatic carbocycles. The number of benzene rings is 2. The molecule has 0 aromatic heterocycles. The smallest absolute Gasteiger partial charge is 0.225 e. The maximum atomic E-state index is 12.7. The van der Waals surface area contributed by atoms with Crippen LogP contribution in [0.1, 0.15) is 137 Å². The molecule has 6 nitrogen and oxygen atoms in total. The quantitative estimate of drug-likeness (QED) is 0.137. The van der Waals surface area contributed by atoms with Gasteiger partial charge in [-0.15, -0.1) is 23.2 Å². The van der Waals surface area contributed by atoms with Gasteiger partial charge in [0.2, 0.25) is 5.24 Å². The fraction of sp³-hybridized carbons (Fsp3) is 0.696. The van der Waals surface area contributed by atoms with E-state index in [4.69, 9.17) is 40.5 Å². The summed E-state index contributed by atoms with van der Waals surface area (Å²) in [5.41, 5.74) is 7.04. The number of nitrogens with zero attached hydrogens (tertiary/aromatic N) is 1. The molecule has 4 N–H and O–H groups in total. The summed E-state index contributed by atoms with van der Waals surface area (Å²) in [6.07, 6.45) is 6.87. The van der Waals surface area contributed by atoms with Crippen molar-refractivity contribution in [2.45, 2.75) is 126 Å². The lowest BCUT2D eigenvalue weighted by molar-refractivity contribution is -0.127. The van der Waals surface area contributed by atoms with E-state index in [1.54, 1.807) is 0 Å². The highest BCUT2D eigenvalue weighted by Gasteiger charge is 2.35. The van der Waals surface area contributed by atoms with Gasteiger partial charge >= 0.3 is 0 Å². The fourth-order valence-corrected chi connectivity index (χ4v) is 8.07. The molecular weight excluding hydrogens is 751 g/mol. The largest absolute Gasteiger partial charge is 0.388 e. The summed E-state index contributed by atoms with van der Waals surface area (Å²) in [5.74, 6) is 4.20. The van der Waals surface area contributed by atoms with Gasteiger partial charge < -0.3 is 20.8 Å². The van der Waals surface area contributed by atoms with Crippen LogP contribution in [0.3, 0.4) is 0 Å². The zero-order chi connectivity index (χ0) is 41.9. The average Bonchev–Trinajstić information content (AvgIpc) is 3.18. The topological polar surface area (TPSA) is 104 Å². The summed E-state index contributed by atoms with van der Waals surface area (Å²) < 4.78 is 0. The highest BCUT2D eigenvalue weighted by atomic mass is 35.5. The second-order valence-corrected chi connectivity index (χ2v) is 17.2. The van der Waals surface area contributed by atoms with Gasteiger partial charge in [-0.05, 0) is 110 Å². The third-order valence-corrected chi connectivity index (χ3v) is 11.6. The van der Waals surface area contributed by atoms with Crippen LogP contribution in [-0.2, 0) is 9.59 Å². The third kappa shape index (κ3) is 22.3. The van der Waals surface area contributed by atoms with Crippen LogP contribution in [-0.4, -0.2) is 57.7 Å². The first-order valence-electron chi connectivity index (χ1n) is 20.8. The van der Waals surface area contributed by atoms with Crippen molar-refractivity contribution < 1.29 is 19.8 Å². The molecule has 0 unspecified atom stereocenters. The molecule has 0 heterocycles.